The number of carboxylic acids is 1. The number of ether oxygens (including phenoxy) is 1. The predicted octanol–water partition coefficient (Wildman–Crippen LogP) is 0.0174. The lowest BCUT2D eigenvalue weighted by molar-refractivity contribution is -0.141. The SMILES string of the molecule is CC(NCCN1CCOCC1)C(C)C(=O)O. The topological polar surface area (TPSA) is 61.8 Å². The Labute approximate surface area is 96.8 Å². The van der Waals surface area contributed by atoms with E-state index in [1.807, 2.05) is 6.92 Å². The van der Waals surface area contributed by atoms with Crippen molar-refractivity contribution in [3.63, 3.8) is 0 Å². The number of rotatable bonds is 6. The van der Waals surface area contributed by atoms with E-state index >= 15 is 0 Å². The summed E-state index contributed by atoms with van der Waals surface area (Å²) in [4.78, 5) is 13.1. The second-order valence-electron chi connectivity index (χ2n) is 4.32. The molecule has 0 aromatic carbocycles. The van der Waals surface area contributed by atoms with Crippen LogP contribution in [-0.2, 0) is 9.53 Å². The first-order valence-electron chi connectivity index (χ1n) is 5.87. The normalized spacial score (nSPS) is 21.6. The largest absolute Gasteiger partial charge is 0.481 e. The summed E-state index contributed by atoms with van der Waals surface area (Å²) >= 11 is 0. The van der Waals surface area contributed by atoms with Gasteiger partial charge in [0, 0.05) is 32.2 Å². The quantitative estimate of drug-likeness (QED) is 0.673. The van der Waals surface area contributed by atoms with Gasteiger partial charge in [0.2, 0.25) is 0 Å². The molecule has 0 aromatic rings. The van der Waals surface area contributed by atoms with E-state index in [0.29, 0.717) is 0 Å². The molecule has 2 atom stereocenters. The zero-order valence-electron chi connectivity index (χ0n) is 10.1. The van der Waals surface area contributed by atoms with Crippen LogP contribution in [0.25, 0.3) is 0 Å². The third kappa shape index (κ3) is 4.47. The Morgan fingerprint density at radius 1 is 1.44 bits per heavy atom. The highest BCUT2D eigenvalue weighted by Gasteiger charge is 2.18. The number of hydrogen-bond donors (Lipinski definition) is 2. The molecule has 1 fully saturated rings. The summed E-state index contributed by atoms with van der Waals surface area (Å²) in [6.45, 7) is 9.00. The van der Waals surface area contributed by atoms with Gasteiger partial charge in [-0.1, -0.05) is 6.92 Å². The summed E-state index contributed by atoms with van der Waals surface area (Å²) < 4.78 is 5.26. The first-order valence-corrected chi connectivity index (χ1v) is 5.87. The fraction of sp³-hybridized carbons (Fsp3) is 0.909. The Morgan fingerprint density at radius 2 is 2.06 bits per heavy atom. The maximum absolute atomic E-state index is 10.7. The standard InChI is InChI=1S/C11H22N2O3/c1-9(11(14)15)10(2)12-3-4-13-5-7-16-8-6-13/h9-10,12H,3-8H2,1-2H3,(H,14,15). The van der Waals surface area contributed by atoms with Crippen molar-refractivity contribution in [1.82, 2.24) is 10.2 Å². The van der Waals surface area contributed by atoms with Crippen molar-refractivity contribution in [1.29, 1.82) is 0 Å². The molecule has 0 bridgehead atoms. The lowest BCUT2D eigenvalue weighted by Crippen LogP contribution is -2.43. The second-order valence-corrected chi connectivity index (χ2v) is 4.32. The Kier molecular flexibility index (Phi) is 5.73. The first-order chi connectivity index (χ1) is 7.61. The molecular weight excluding hydrogens is 208 g/mol. The molecule has 2 unspecified atom stereocenters. The van der Waals surface area contributed by atoms with Crippen LogP contribution in [0.2, 0.25) is 0 Å². The van der Waals surface area contributed by atoms with Crippen molar-refractivity contribution in [3.05, 3.63) is 0 Å². The van der Waals surface area contributed by atoms with Crippen LogP contribution in [0.4, 0.5) is 0 Å². The van der Waals surface area contributed by atoms with Gasteiger partial charge in [0.1, 0.15) is 0 Å². The summed E-state index contributed by atoms with van der Waals surface area (Å²) in [7, 11) is 0. The van der Waals surface area contributed by atoms with Gasteiger partial charge in [-0.05, 0) is 6.92 Å². The zero-order chi connectivity index (χ0) is 12.0. The van der Waals surface area contributed by atoms with Crippen molar-refractivity contribution in [2.45, 2.75) is 19.9 Å². The molecule has 0 spiro atoms. The van der Waals surface area contributed by atoms with E-state index in [0.717, 1.165) is 39.4 Å². The Hall–Kier alpha value is -0.650. The van der Waals surface area contributed by atoms with Crippen LogP contribution in [0.15, 0.2) is 0 Å². The zero-order valence-corrected chi connectivity index (χ0v) is 10.1. The van der Waals surface area contributed by atoms with Gasteiger partial charge in [0.05, 0.1) is 19.1 Å². The number of hydrogen-bond acceptors (Lipinski definition) is 4. The van der Waals surface area contributed by atoms with Crippen molar-refractivity contribution in [2.24, 2.45) is 5.92 Å². The van der Waals surface area contributed by atoms with E-state index in [1.54, 1.807) is 6.92 Å². The third-order valence-corrected chi connectivity index (χ3v) is 3.14. The smallest absolute Gasteiger partial charge is 0.307 e. The van der Waals surface area contributed by atoms with Gasteiger partial charge < -0.3 is 15.2 Å². The van der Waals surface area contributed by atoms with E-state index < -0.39 is 5.97 Å². The van der Waals surface area contributed by atoms with Crippen LogP contribution in [-0.4, -0.2) is 61.4 Å². The van der Waals surface area contributed by atoms with Gasteiger partial charge in [0.15, 0.2) is 0 Å². The summed E-state index contributed by atoms with van der Waals surface area (Å²) in [5.41, 5.74) is 0. The van der Waals surface area contributed by atoms with Gasteiger partial charge in [0.25, 0.3) is 0 Å². The lowest BCUT2D eigenvalue weighted by Gasteiger charge is -2.27. The predicted molar refractivity (Wildman–Crippen MR) is 61.5 cm³/mol. The molecule has 94 valence electrons. The van der Waals surface area contributed by atoms with Crippen LogP contribution in [0.5, 0.6) is 0 Å². The highest BCUT2D eigenvalue weighted by atomic mass is 16.5. The lowest BCUT2D eigenvalue weighted by atomic mass is 10.0. The number of carboxylic acid groups (broad SMARTS) is 1. The van der Waals surface area contributed by atoms with E-state index in [2.05, 4.69) is 10.2 Å². The van der Waals surface area contributed by atoms with Gasteiger partial charge in [-0.25, -0.2) is 0 Å². The van der Waals surface area contributed by atoms with Crippen LogP contribution in [0.3, 0.4) is 0 Å². The van der Waals surface area contributed by atoms with Crippen LogP contribution in [0.1, 0.15) is 13.8 Å². The van der Waals surface area contributed by atoms with Crippen molar-refractivity contribution in [3.8, 4) is 0 Å². The third-order valence-electron chi connectivity index (χ3n) is 3.14. The molecule has 5 heteroatoms. The molecule has 0 amide bonds. The number of nitrogens with one attached hydrogen (secondary N) is 1. The van der Waals surface area contributed by atoms with Crippen LogP contribution in [0, 0.1) is 5.92 Å². The molecule has 0 radical (unpaired) electrons. The Morgan fingerprint density at radius 3 is 2.62 bits per heavy atom. The average Bonchev–Trinajstić information content (AvgIpc) is 2.29. The second kappa shape index (κ2) is 6.83. The molecule has 0 aliphatic carbocycles. The van der Waals surface area contributed by atoms with Gasteiger partial charge in [-0.3, -0.25) is 9.69 Å². The number of nitrogens with zero attached hydrogens (tertiary/aromatic N) is 1. The van der Waals surface area contributed by atoms with E-state index in [4.69, 9.17) is 9.84 Å². The number of morpholine rings is 1. The minimum atomic E-state index is -0.744. The molecule has 2 N–H and O–H groups in total. The molecule has 0 aromatic heterocycles. The number of aliphatic carboxylic acids is 1. The minimum absolute atomic E-state index is 0.0125. The Bertz CT molecular complexity index is 217. The number of carbonyl (C=O) groups is 1. The maximum atomic E-state index is 10.7. The summed E-state index contributed by atoms with van der Waals surface area (Å²) in [5.74, 6) is -1.09. The van der Waals surface area contributed by atoms with Crippen molar-refractivity contribution < 1.29 is 14.6 Å². The molecule has 5 nitrogen and oxygen atoms in total. The molecular formula is C11H22N2O3. The monoisotopic (exact) mass is 230 g/mol. The van der Waals surface area contributed by atoms with Crippen LogP contribution < -0.4 is 5.32 Å². The molecule has 1 aliphatic rings. The summed E-state index contributed by atoms with van der Waals surface area (Å²) in [6, 6.07) is 0.0125. The van der Waals surface area contributed by atoms with E-state index in [9.17, 15) is 4.79 Å². The molecule has 1 aliphatic heterocycles. The van der Waals surface area contributed by atoms with Gasteiger partial charge >= 0.3 is 5.97 Å². The summed E-state index contributed by atoms with van der Waals surface area (Å²) in [5, 5.41) is 12.1. The fourth-order valence-corrected chi connectivity index (χ4v) is 1.67. The van der Waals surface area contributed by atoms with Gasteiger partial charge in [-0.2, -0.15) is 0 Å². The molecule has 1 heterocycles. The Balaban J connectivity index is 2.11. The fourth-order valence-electron chi connectivity index (χ4n) is 1.67. The molecule has 16 heavy (non-hydrogen) atoms. The van der Waals surface area contributed by atoms with E-state index in [-0.39, 0.29) is 12.0 Å². The first kappa shape index (κ1) is 13.4. The molecule has 0 saturated carbocycles. The maximum Gasteiger partial charge on any atom is 0.307 e. The van der Waals surface area contributed by atoms with Gasteiger partial charge in [-0.15, -0.1) is 0 Å². The van der Waals surface area contributed by atoms with Crippen molar-refractivity contribution >= 4 is 5.97 Å². The average molecular weight is 230 g/mol. The van der Waals surface area contributed by atoms with Crippen molar-refractivity contribution in [2.75, 3.05) is 39.4 Å². The molecule has 1 saturated heterocycles. The summed E-state index contributed by atoms with van der Waals surface area (Å²) in [6.07, 6.45) is 0. The van der Waals surface area contributed by atoms with E-state index in [1.165, 1.54) is 0 Å². The molecule has 1 rings (SSSR count). The minimum Gasteiger partial charge on any atom is -0.481 e. The highest BCUT2D eigenvalue weighted by Crippen LogP contribution is 2.02. The highest BCUT2D eigenvalue weighted by molar-refractivity contribution is 5.70. The van der Waals surface area contributed by atoms with Crippen LogP contribution >= 0.6 is 0 Å².